The third-order valence-electron chi connectivity index (χ3n) is 5.68. The lowest BCUT2D eigenvalue weighted by Gasteiger charge is -2.09. The van der Waals surface area contributed by atoms with Crippen molar-refractivity contribution in [1.82, 2.24) is 24.4 Å². The summed E-state index contributed by atoms with van der Waals surface area (Å²) in [5, 5.41) is 3.64. The van der Waals surface area contributed by atoms with Crippen molar-refractivity contribution in [3.8, 4) is 0 Å². The molecule has 0 fully saturated rings. The highest BCUT2D eigenvalue weighted by Crippen LogP contribution is 2.15. The number of nitrogens with one attached hydrogen (secondary N) is 2. The van der Waals surface area contributed by atoms with Crippen LogP contribution in [0.5, 0.6) is 0 Å². The van der Waals surface area contributed by atoms with Crippen LogP contribution in [0.15, 0.2) is 53.3 Å². The number of imidazole rings is 1. The molecule has 2 aromatic carbocycles. The van der Waals surface area contributed by atoms with Crippen LogP contribution >= 0.6 is 12.2 Å². The number of fused-ring (bicyclic) bond motifs is 2. The minimum absolute atomic E-state index is 0.0484. The minimum Gasteiger partial charge on any atom is -0.354 e. The molecule has 2 aromatic heterocycles. The quantitative estimate of drug-likeness (QED) is 0.298. The van der Waals surface area contributed by atoms with Crippen LogP contribution in [-0.4, -0.2) is 31.6 Å². The fourth-order valence-corrected chi connectivity index (χ4v) is 4.29. The highest BCUT2D eigenvalue weighted by atomic mass is 32.1. The summed E-state index contributed by atoms with van der Waals surface area (Å²) in [6.07, 6.45) is 2.90. The summed E-state index contributed by atoms with van der Waals surface area (Å²) in [5.41, 5.74) is 2.75. The van der Waals surface area contributed by atoms with E-state index in [-0.39, 0.29) is 11.5 Å². The van der Waals surface area contributed by atoms with E-state index in [1.807, 2.05) is 49.4 Å². The van der Waals surface area contributed by atoms with Crippen LogP contribution in [0, 0.1) is 11.7 Å². The van der Waals surface area contributed by atoms with E-state index in [1.54, 1.807) is 10.6 Å². The lowest BCUT2D eigenvalue weighted by molar-refractivity contribution is -0.121. The molecule has 0 saturated carbocycles. The fraction of sp³-hybridized carbons (Fsp3) is 0.333. The molecule has 0 bridgehead atoms. The molecule has 1 amide bonds. The Balaban J connectivity index is 1.21. The molecule has 4 rings (SSSR count). The molecule has 0 aliphatic heterocycles. The Morgan fingerprint density at radius 1 is 1.03 bits per heavy atom. The van der Waals surface area contributed by atoms with Gasteiger partial charge in [-0.2, -0.15) is 0 Å². The van der Waals surface area contributed by atoms with Gasteiger partial charge in [0.2, 0.25) is 5.91 Å². The summed E-state index contributed by atoms with van der Waals surface area (Å²) in [5.74, 6) is 0.995. The first-order valence-corrected chi connectivity index (χ1v) is 11.4. The summed E-state index contributed by atoms with van der Waals surface area (Å²) >= 11 is 5.34. The molecule has 0 atom stereocenters. The normalized spacial score (nSPS) is 11.3. The average Bonchev–Trinajstić information content (AvgIpc) is 3.10. The van der Waals surface area contributed by atoms with Crippen molar-refractivity contribution in [2.75, 3.05) is 6.54 Å². The van der Waals surface area contributed by atoms with E-state index in [0.29, 0.717) is 36.2 Å². The summed E-state index contributed by atoms with van der Waals surface area (Å²) in [6.45, 7) is 3.80. The third kappa shape index (κ3) is 4.80. The van der Waals surface area contributed by atoms with E-state index >= 15 is 0 Å². The van der Waals surface area contributed by atoms with E-state index in [9.17, 15) is 9.59 Å². The summed E-state index contributed by atoms with van der Waals surface area (Å²) in [4.78, 5) is 32.5. The monoisotopic (exact) mass is 449 g/mol. The lowest BCUT2D eigenvalue weighted by atomic mass is 10.2. The van der Waals surface area contributed by atoms with Gasteiger partial charge in [0.05, 0.1) is 21.9 Å². The van der Waals surface area contributed by atoms with Gasteiger partial charge in [-0.05, 0) is 56.2 Å². The highest BCUT2D eigenvalue weighted by Gasteiger charge is 2.08. The highest BCUT2D eigenvalue weighted by molar-refractivity contribution is 7.71. The first kappa shape index (κ1) is 22.0. The van der Waals surface area contributed by atoms with Crippen molar-refractivity contribution >= 4 is 40.1 Å². The smallest absolute Gasteiger partial charge is 0.262 e. The Kier molecular flexibility index (Phi) is 6.80. The minimum atomic E-state index is -0.0654. The molecule has 0 aliphatic rings. The van der Waals surface area contributed by atoms with Gasteiger partial charge < -0.3 is 14.9 Å². The van der Waals surface area contributed by atoms with Crippen LogP contribution in [0.4, 0.5) is 0 Å². The van der Waals surface area contributed by atoms with Crippen molar-refractivity contribution < 1.29 is 4.79 Å². The predicted octanol–water partition coefficient (Wildman–Crippen LogP) is 4.09. The number of carbonyl (C=O) groups excluding carboxylic acids is 1. The van der Waals surface area contributed by atoms with Crippen LogP contribution in [-0.2, 0) is 17.9 Å². The Morgan fingerprint density at radius 2 is 1.81 bits per heavy atom. The SMILES string of the molecule is Cc1nc2ccccc2n1CCNC(=O)CCCCCn1c(=S)[nH]c2ccccc2c1=O. The molecule has 7 nitrogen and oxygen atoms in total. The van der Waals surface area contributed by atoms with Gasteiger partial charge in [-0.25, -0.2) is 4.98 Å². The maximum atomic E-state index is 12.6. The molecule has 0 radical (unpaired) electrons. The molecule has 0 saturated heterocycles. The van der Waals surface area contributed by atoms with Gasteiger partial charge in [0.25, 0.3) is 5.56 Å². The van der Waals surface area contributed by atoms with E-state index in [1.165, 1.54) is 0 Å². The van der Waals surface area contributed by atoms with E-state index in [2.05, 4.69) is 19.9 Å². The number of rotatable bonds is 9. The van der Waals surface area contributed by atoms with Crippen molar-refractivity contribution in [1.29, 1.82) is 0 Å². The van der Waals surface area contributed by atoms with Crippen LogP contribution < -0.4 is 10.9 Å². The number of para-hydroxylation sites is 3. The fourth-order valence-electron chi connectivity index (χ4n) is 4.01. The van der Waals surface area contributed by atoms with Gasteiger partial charge >= 0.3 is 0 Å². The van der Waals surface area contributed by atoms with E-state index < -0.39 is 0 Å². The van der Waals surface area contributed by atoms with Gasteiger partial charge in [-0.1, -0.05) is 30.7 Å². The number of hydrogen-bond acceptors (Lipinski definition) is 4. The molecular weight excluding hydrogens is 422 g/mol. The molecule has 8 heteroatoms. The number of unbranched alkanes of at least 4 members (excludes halogenated alkanes) is 2. The molecular formula is C24H27N5O2S. The first-order valence-electron chi connectivity index (χ1n) is 10.9. The maximum absolute atomic E-state index is 12.6. The summed E-state index contributed by atoms with van der Waals surface area (Å²) < 4.78 is 4.17. The number of aromatic nitrogens is 4. The summed E-state index contributed by atoms with van der Waals surface area (Å²) in [6, 6.07) is 15.4. The second-order valence-corrected chi connectivity index (χ2v) is 8.28. The Hall–Kier alpha value is -3.26. The first-order chi connectivity index (χ1) is 15.5. The second kappa shape index (κ2) is 9.91. The number of carbonyl (C=O) groups is 1. The zero-order valence-corrected chi connectivity index (χ0v) is 19.0. The Bertz CT molecular complexity index is 1370. The van der Waals surface area contributed by atoms with Crippen molar-refractivity contribution in [2.24, 2.45) is 0 Å². The average molecular weight is 450 g/mol. The van der Waals surface area contributed by atoms with Crippen molar-refractivity contribution in [3.05, 3.63) is 69.5 Å². The zero-order chi connectivity index (χ0) is 22.5. The molecule has 32 heavy (non-hydrogen) atoms. The number of aryl methyl sites for hydroxylation is 1. The number of aromatic amines is 1. The number of H-pyrrole nitrogens is 1. The Morgan fingerprint density at radius 3 is 2.69 bits per heavy atom. The van der Waals surface area contributed by atoms with Gasteiger partial charge in [0, 0.05) is 26.1 Å². The van der Waals surface area contributed by atoms with Gasteiger partial charge in [-0.3, -0.25) is 14.2 Å². The van der Waals surface area contributed by atoms with Crippen molar-refractivity contribution in [2.45, 2.75) is 45.7 Å². The molecule has 2 N–H and O–H groups in total. The summed E-state index contributed by atoms with van der Waals surface area (Å²) in [7, 11) is 0. The topological polar surface area (TPSA) is 84.7 Å². The maximum Gasteiger partial charge on any atom is 0.262 e. The number of nitrogens with zero attached hydrogens (tertiary/aromatic N) is 3. The van der Waals surface area contributed by atoms with Gasteiger partial charge in [0.1, 0.15) is 5.82 Å². The largest absolute Gasteiger partial charge is 0.354 e. The second-order valence-electron chi connectivity index (χ2n) is 7.89. The molecule has 166 valence electrons. The van der Waals surface area contributed by atoms with Crippen molar-refractivity contribution in [3.63, 3.8) is 0 Å². The molecule has 4 aromatic rings. The third-order valence-corrected chi connectivity index (χ3v) is 6.00. The number of benzene rings is 2. The molecule has 0 unspecified atom stereocenters. The zero-order valence-electron chi connectivity index (χ0n) is 18.1. The van der Waals surface area contributed by atoms with E-state index in [0.717, 1.165) is 41.6 Å². The number of amides is 1. The lowest BCUT2D eigenvalue weighted by Crippen LogP contribution is -2.27. The Labute approximate surface area is 191 Å². The van der Waals surface area contributed by atoms with Crippen LogP contribution in [0.3, 0.4) is 0 Å². The molecule has 0 spiro atoms. The predicted molar refractivity (Wildman–Crippen MR) is 129 cm³/mol. The number of hydrogen-bond donors (Lipinski definition) is 2. The molecule has 0 aliphatic carbocycles. The van der Waals surface area contributed by atoms with Crippen LogP contribution in [0.1, 0.15) is 31.5 Å². The molecule has 2 heterocycles. The van der Waals surface area contributed by atoms with Crippen LogP contribution in [0.25, 0.3) is 21.9 Å². The standard InChI is InChI=1S/C24H27N5O2S/c1-17-26-20-11-6-7-12-21(20)28(17)16-14-25-22(30)13-3-2-8-15-29-23(31)18-9-4-5-10-19(18)27-24(29)32/h4-7,9-12H,2-3,8,13-16H2,1H3,(H,25,30)(H,27,32). The van der Waals surface area contributed by atoms with E-state index in [4.69, 9.17) is 12.2 Å². The van der Waals surface area contributed by atoms with Gasteiger partial charge in [-0.15, -0.1) is 0 Å². The van der Waals surface area contributed by atoms with Gasteiger partial charge in [0.15, 0.2) is 4.77 Å². The van der Waals surface area contributed by atoms with Crippen LogP contribution in [0.2, 0.25) is 0 Å².